The SMILES string of the molecule is CN1C(=O)N(c2ccc(F)cc2)[C@H](c2ccc(-c3ccc(P(=O)(O)O)cc3)cc2O)[C@H]1CC[C@H](O)c1ccc(F)cc1.CN1C(=O)N(c2ccc(F)cc2)[C@H](c2ccc(-c3cccc(O)c3)cc2O)[C@H]1CC[C@H](O)c1ccc(F)cc1.CN1C(=O)N(c2ccc(F)cc2)[C@H](c2ccc(O)cc2O)[C@H]1CC[C@H](O)c1ccc(F)cc1.COc1ccc([C@@H]2[C@@H](CC[C@H](O)c3ccc(F)cc3)N(C)C(=O)N2c2ccc(F)cc2)c(O)c1. The number of anilines is 4. The smallest absolute Gasteiger partial charge is 0.356 e. The molecule has 12 atom stereocenters. The predicted octanol–water partition coefficient (Wildman–Crippen LogP) is 22.2. The van der Waals surface area contributed by atoms with Gasteiger partial charge in [0.15, 0.2) is 0 Å². The maximum absolute atomic E-state index is 13.8. The minimum Gasteiger partial charge on any atom is -0.508 e. The van der Waals surface area contributed by atoms with Gasteiger partial charge in [-0.05, 0) is 302 Å². The minimum absolute atomic E-state index is 0.0383. The number of hydrogen-bond acceptors (Lipinski definition) is 16. The van der Waals surface area contributed by atoms with Crippen molar-refractivity contribution >= 4 is 59.8 Å². The second-order valence-corrected chi connectivity index (χ2v) is 38.0. The molecule has 148 heavy (non-hydrogen) atoms. The van der Waals surface area contributed by atoms with Crippen molar-refractivity contribution in [2.45, 2.75) is 124 Å². The number of carbonyl (C=O) groups excluding carboxylic acids is 4. The van der Waals surface area contributed by atoms with Crippen LogP contribution in [0.1, 0.15) is 144 Å². The van der Waals surface area contributed by atoms with Gasteiger partial charge in [0.25, 0.3) is 0 Å². The topological polar surface area (TPSA) is 363 Å². The fourth-order valence-corrected chi connectivity index (χ4v) is 20.0. The van der Waals surface area contributed by atoms with Crippen LogP contribution in [-0.2, 0) is 4.57 Å². The number of amides is 8. The highest BCUT2D eigenvalue weighted by molar-refractivity contribution is 7.60. The molecule has 4 aliphatic rings. The number of phenolic OH excluding ortho intramolecular Hbond substituents is 6. The number of benzene rings is 14. The average Bonchev–Trinajstić information content (AvgIpc) is 1.63. The number of urea groups is 4. The van der Waals surface area contributed by atoms with E-state index in [9.17, 15) is 120 Å². The zero-order valence-corrected chi connectivity index (χ0v) is 81.4. The Kier molecular flexibility index (Phi) is 33.3. The van der Waals surface area contributed by atoms with E-state index in [1.54, 1.807) is 117 Å². The minimum atomic E-state index is -4.40. The van der Waals surface area contributed by atoms with E-state index in [1.165, 1.54) is 267 Å². The number of hydrogen-bond donors (Lipinski definition) is 12. The van der Waals surface area contributed by atoms with E-state index in [0.29, 0.717) is 127 Å². The normalized spacial score (nSPS) is 18.5. The Balaban J connectivity index is 0.000000148. The Morgan fingerprint density at radius 2 is 0.520 bits per heavy atom. The number of aliphatic hydroxyl groups is 4. The van der Waals surface area contributed by atoms with Crippen molar-refractivity contribution in [1.29, 1.82) is 0 Å². The quantitative estimate of drug-likeness (QED) is 0.0160. The van der Waals surface area contributed by atoms with Crippen molar-refractivity contribution in [1.82, 2.24) is 19.6 Å². The first kappa shape index (κ1) is 106. The number of nitrogens with zero attached hydrogens (tertiary/aromatic N) is 8. The molecule has 14 aromatic carbocycles. The molecule has 4 heterocycles. The van der Waals surface area contributed by atoms with E-state index >= 15 is 0 Å². The van der Waals surface area contributed by atoms with Gasteiger partial charge in [0, 0.05) is 85.3 Å². The van der Waals surface area contributed by atoms with Gasteiger partial charge in [-0.25, -0.2) is 54.3 Å². The van der Waals surface area contributed by atoms with Crippen LogP contribution in [0.2, 0.25) is 0 Å². The molecule has 8 amide bonds. The molecule has 0 aromatic heterocycles. The Hall–Kier alpha value is -15.8. The number of carbonyl (C=O) groups is 4. The molecular formula is C113H107F8N8O18P. The van der Waals surface area contributed by atoms with Gasteiger partial charge in [-0.3, -0.25) is 24.2 Å². The standard InChI is InChI=1S/C31H29F2N2O6P.C31H28F2N2O4.C26H26F2N2O4.C25H24F2N2O4/c1-34-27(16-17-28(36)20-2-7-22(32)8-3-20)30(35(31(34)38)24-11-9-23(33)10-12-24)26-15-6-21(18-29(26)37)19-4-13-25(14-5-19)42(39,40)41;1-34-27(15-16-28(37)19-5-8-22(32)9-6-19)30(35(31(34)39)24-12-10-23(33)11-13-24)26-14-7-21(18-29(26)38)20-3-2-4-25(36)17-20;1-29-22(13-14-23(31)16-3-5-17(27)6-4-16)25(21-12-11-20(34-2)15-24(21)32)30(26(29)33)19-9-7-18(28)8-10-19;1-28-21(12-13-22(31)15-2-4-16(26)5-3-15)24(20-11-10-19(30)14-23(20)32)29(25(28)33)18-8-6-17(27)7-9-18/h2-15,18,27-28,30,36-37H,16-17H2,1H3,(H2,39,40,41);2-14,17-18,27-28,30,36-38H,15-16H2,1H3;3-12,15,22-23,25,31-32H,13-14H2,1-2H3;2-11,14,21-22,24,30-32H,12-13H2,1H3/t2*27-,28+,30-;22-,23+,25-;21-,22+,24-/m1111/s1. The largest absolute Gasteiger partial charge is 0.508 e. The molecule has 18 rings (SSSR count). The average molecular weight is 2050 g/mol. The molecule has 26 nitrogen and oxygen atoms in total. The van der Waals surface area contributed by atoms with Gasteiger partial charge in [0.05, 0.1) is 85.2 Å². The molecule has 0 saturated carbocycles. The fraction of sp³-hybridized carbons (Fsp3) is 0.221. The van der Waals surface area contributed by atoms with Crippen LogP contribution in [0.15, 0.2) is 315 Å². The first-order chi connectivity index (χ1) is 70.7. The molecule has 0 bridgehead atoms. The third-order valence-electron chi connectivity index (χ3n) is 27.3. The van der Waals surface area contributed by atoms with E-state index in [0.717, 1.165) is 0 Å². The van der Waals surface area contributed by atoms with E-state index in [1.807, 2.05) is 6.07 Å². The summed E-state index contributed by atoms with van der Waals surface area (Å²) in [5, 5.41) is 106. The molecule has 768 valence electrons. The number of methoxy groups -OCH3 is 1. The molecule has 35 heteroatoms. The maximum Gasteiger partial charge on any atom is 0.356 e. The molecule has 0 unspecified atom stereocenters. The number of phenols is 6. The zero-order valence-electron chi connectivity index (χ0n) is 80.5. The lowest BCUT2D eigenvalue weighted by Crippen LogP contribution is -2.31. The Morgan fingerprint density at radius 3 is 0.777 bits per heavy atom. The number of rotatable bonds is 28. The molecule has 0 radical (unpaired) electrons. The highest BCUT2D eigenvalue weighted by Crippen LogP contribution is 2.51. The lowest BCUT2D eigenvalue weighted by molar-refractivity contribution is 0.148. The first-order valence-corrected chi connectivity index (χ1v) is 48.8. The number of aliphatic hydroxyl groups excluding tert-OH is 4. The third kappa shape index (κ3) is 24.1. The van der Waals surface area contributed by atoms with Crippen molar-refractivity contribution in [3.8, 4) is 62.5 Å². The lowest BCUT2D eigenvalue weighted by Gasteiger charge is -2.29. The molecule has 4 saturated heterocycles. The van der Waals surface area contributed by atoms with Crippen LogP contribution in [0.3, 0.4) is 0 Å². The first-order valence-electron chi connectivity index (χ1n) is 47.2. The van der Waals surface area contributed by atoms with Crippen molar-refractivity contribution in [3.05, 3.63) is 406 Å². The zero-order chi connectivity index (χ0) is 106. The van der Waals surface area contributed by atoms with E-state index < -0.39 is 121 Å². The summed E-state index contributed by atoms with van der Waals surface area (Å²) in [6, 6.07) is 70.2. The van der Waals surface area contributed by atoms with Crippen molar-refractivity contribution < 1.29 is 124 Å². The summed E-state index contributed by atoms with van der Waals surface area (Å²) in [7, 11) is 3.66. The molecule has 0 spiro atoms. The molecule has 4 fully saturated rings. The van der Waals surface area contributed by atoms with Crippen LogP contribution < -0.4 is 29.6 Å². The summed E-state index contributed by atoms with van der Waals surface area (Å²) in [5.74, 6) is -3.30. The summed E-state index contributed by atoms with van der Waals surface area (Å²) in [6.07, 6.45) is -0.950. The Labute approximate surface area is 847 Å². The summed E-state index contributed by atoms with van der Waals surface area (Å²) in [6.45, 7) is 0. The van der Waals surface area contributed by atoms with Crippen LogP contribution in [0.4, 0.5) is 77.1 Å². The van der Waals surface area contributed by atoms with Crippen LogP contribution in [-0.4, -0.2) is 164 Å². The summed E-state index contributed by atoms with van der Waals surface area (Å²) >= 11 is 0. The second-order valence-electron chi connectivity index (χ2n) is 36.4. The monoisotopic (exact) mass is 2050 g/mol. The van der Waals surface area contributed by atoms with Gasteiger partial charge in [0.1, 0.15) is 86.8 Å². The summed E-state index contributed by atoms with van der Waals surface area (Å²) in [4.78, 5) is 84.6. The van der Waals surface area contributed by atoms with E-state index in [2.05, 4.69) is 0 Å². The summed E-state index contributed by atoms with van der Waals surface area (Å²) in [5.41, 5.74) is 8.49. The van der Waals surface area contributed by atoms with Crippen LogP contribution in [0, 0.1) is 46.5 Å². The van der Waals surface area contributed by atoms with Gasteiger partial charge in [-0.2, -0.15) is 0 Å². The lowest BCUT2D eigenvalue weighted by atomic mass is 9.91. The molecule has 4 aliphatic heterocycles. The highest BCUT2D eigenvalue weighted by atomic mass is 31.2. The van der Waals surface area contributed by atoms with Gasteiger partial charge < -0.3 is 85.2 Å². The van der Waals surface area contributed by atoms with Gasteiger partial charge >= 0.3 is 31.7 Å². The van der Waals surface area contributed by atoms with E-state index in [4.69, 9.17) is 4.74 Å². The van der Waals surface area contributed by atoms with Crippen molar-refractivity contribution in [3.63, 3.8) is 0 Å². The van der Waals surface area contributed by atoms with Crippen molar-refractivity contribution in [2.24, 2.45) is 0 Å². The van der Waals surface area contributed by atoms with Crippen LogP contribution >= 0.6 is 7.60 Å². The fourth-order valence-electron chi connectivity index (χ4n) is 19.4. The van der Waals surface area contributed by atoms with Gasteiger partial charge in [-0.1, -0.05) is 97.1 Å². The third-order valence-corrected chi connectivity index (χ3v) is 28.2. The number of aromatic hydroxyl groups is 6. The summed E-state index contributed by atoms with van der Waals surface area (Å²) < 4.78 is 124. The van der Waals surface area contributed by atoms with E-state index in [-0.39, 0.29) is 89.0 Å². The number of ether oxygens (including phenoxy) is 1. The Bertz CT molecular complexity index is 7070. The molecule has 12 N–H and O–H groups in total. The maximum atomic E-state index is 13.8. The second kappa shape index (κ2) is 46.3. The van der Waals surface area contributed by atoms with Crippen LogP contribution in [0.25, 0.3) is 22.3 Å². The van der Waals surface area contributed by atoms with Crippen LogP contribution in [0.5, 0.6) is 40.2 Å². The number of halogens is 8. The van der Waals surface area contributed by atoms with Crippen molar-refractivity contribution in [2.75, 3.05) is 54.9 Å². The predicted molar refractivity (Wildman–Crippen MR) is 542 cm³/mol. The van der Waals surface area contributed by atoms with Gasteiger partial charge in [-0.15, -0.1) is 0 Å². The van der Waals surface area contributed by atoms with Gasteiger partial charge in [0.2, 0.25) is 0 Å². The molecular weight excluding hydrogens is 1940 g/mol. The molecule has 0 aliphatic carbocycles. The number of likely N-dealkylation sites (N-methyl/N-ethyl adjacent to an activating group) is 4. The highest BCUT2D eigenvalue weighted by Gasteiger charge is 2.51. The Morgan fingerprint density at radius 1 is 0.284 bits per heavy atom. The molecule has 14 aromatic rings.